The highest BCUT2D eigenvalue weighted by molar-refractivity contribution is 5.82. The first-order valence-corrected chi connectivity index (χ1v) is 6.39. The molecule has 94 valence electrons. The SMILES string of the molecule is C[C@H]1CNC(C(=O)NCCCC(C)(C)C)C1. The monoisotopic (exact) mass is 226 g/mol. The summed E-state index contributed by atoms with van der Waals surface area (Å²) in [5, 5.41) is 6.27. The first-order valence-electron chi connectivity index (χ1n) is 6.39. The maximum absolute atomic E-state index is 11.7. The number of carbonyl (C=O) groups is 1. The highest BCUT2D eigenvalue weighted by Crippen LogP contribution is 2.19. The van der Waals surface area contributed by atoms with Gasteiger partial charge in [-0.15, -0.1) is 0 Å². The van der Waals surface area contributed by atoms with Gasteiger partial charge in [0.1, 0.15) is 0 Å². The third kappa shape index (κ3) is 4.97. The summed E-state index contributed by atoms with van der Waals surface area (Å²) in [5.41, 5.74) is 0.366. The van der Waals surface area contributed by atoms with Crippen LogP contribution in [0.1, 0.15) is 47.0 Å². The summed E-state index contributed by atoms with van der Waals surface area (Å²) in [4.78, 5) is 11.7. The molecule has 1 amide bonds. The molecule has 0 radical (unpaired) electrons. The van der Waals surface area contributed by atoms with Crippen LogP contribution in [-0.4, -0.2) is 25.0 Å². The van der Waals surface area contributed by atoms with E-state index in [1.165, 1.54) is 0 Å². The normalized spacial score (nSPS) is 25.8. The topological polar surface area (TPSA) is 41.1 Å². The predicted octanol–water partition coefficient (Wildman–Crippen LogP) is 1.93. The van der Waals surface area contributed by atoms with Gasteiger partial charge in [-0.25, -0.2) is 0 Å². The third-order valence-electron chi connectivity index (χ3n) is 3.07. The van der Waals surface area contributed by atoms with Crippen LogP contribution in [-0.2, 0) is 4.79 Å². The molecule has 0 saturated carbocycles. The van der Waals surface area contributed by atoms with Crippen molar-refractivity contribution in [1.29, 1.82) is 0 Å². The standard InChI is InChI=1S/C13H26N2O/c1-10-8-11(15-9-10)12(16)14-7-5-6-13(2,3)4/h10-11,15H,5-9H2,1-4H3,(H,14,16)/t10-,11?/m1/s1. The van der Waals surface area contributed by atoms with Crippen molar-refractivity contribution in [1.82, 2.24) is 10.6 Å². The van der Waals surface area contributed by atoms with E-state index in [2.05, 4.69) is 38.3 Å². The molecule has 0 spiro atoms. The second-order valence-corrected chi connectivity index (χ2v) is 6.26. The molecule has 0 bridgehead atoms. The van der Waals surface area contributed by atoms with Crippen molar-refractivity contribution in [3.63, 3.8) is 0 Å². The molecule has 0 aromatic rings. The molecule has 1 aliphatic rings. The highest BCUT2D eigenvalue weighted by atomic mass is 16.2. The van der Waals surface area contributed by atoms with E-state index < -0.39 is 0 Å². The number of hydrogen-bond donors (Lipinski definition) is 2. The van der Waals surface area contributed by atoms with Crippen LogP contribution in [0, 0.1) is 11.3 Å². The Morgan fingerprint density at radius 1 is 1.44 bits per heavy atom. The molecule has 1 heterocycles. The molecule has 3 nitrogen and oxygen atoms in total. The van der Waals surface area contributed by atoms with Gasteiger partial charge in [0.25, 0.3) is 0 Å². The zero-order valence-electron chi connectivity index (χ0n) is 11.1. The van der Waals surface area contributed by atoms with Crippen LogP contribution < -0.4 is 10.6 Å². The lowest BCUT2D eigenvalue weighted by Crippen LogP contribution is -2.40. The molecule has 0 aromatic carbocycles. The van der Waals surface area contributed by atoms with E-state index in [1.807, 2.05) is 0 Å². The van der Waals surface area contributed by atoms with Crippen molar-refractivity contribution in [2.24, 2.45) is 11.3 Å². The molecule has 0 aliphatic carbocycles. The lowest BCUT2D eigenvalue weighted by molar-refractivity contribution is -0.122. The van der Waals surface area contributed by atoms with Crippen LogP contribution in [0.2, 0.25) is 0 Å². The van der Waals surface area contributed by atoms with Gasteiger partial charge in [0.15, 0.2) is 0 Å². The fourth-order valence-corrected chi connectivity index (χ4v) is 2.07. The lowest BCUT2D eigenvalue weighted by atomic mass is 9.91. The van der Waals surface area contributed by atoms with Crippen LogP contribution in [0.25, 0.3) is 0 Å². The van der Waals surface area contributed by atoms with Crippen LogP contribution in [0.4, 0.5) is 0 Å². The van der Waals surface area contributed by atoms with Gasteiger partial charge in [0.05, 0.1) is 6.04 Å². The molecular formula is C13H26N2O. The first kappa shape index (κ1) is 13.5. The van der Waals surface area contributed by atoms with Crippen molar-refractivity contribution in [3.8, 4) is 0 Å². The molecule has 0 aromatic heterocycles. The van der Waals surface area contributed by atoms with Crippen molar-refractivity contribution in [2.75, 3.05) is 13.1 Å². The maximum atomic E-state index is 11.7. The van der Waals surface area contributed by atoms with Gasteiger partial charge in [0.2, 0.25) is 5.91 Å². The van der Waals surface area contributed by atoms with E-state index in [1.54, 1.807) is 0 Å². The Morgan fingerprint density at radius 2 is 2.12 bits per heavy atom. The van der Waals surface area contributed by atoms with E-state index in [4.69, 9.17) is 0 Å². The summed E-state index contributed by atoms with van der Waals surface area (Å²) < 4.78 is 0. The van der Waals surface area contributed by atoms with Crippen molar-refractivity contribution in [2.45, 2.75) is 53.0 Å². The summed E-state index contributed by atoms with van der Waals surface area (Å²) >= 11 is 0. The molecule has 3 heteroatoms. The Morgan fingerprint density at radius 3 is 2.62 bits per heavy atom. The van der Waals surface area contributed by atoms with E-state index in [9.17, 15) is 4.79 Å². The second-order valence-electron chi connectivity index (χ2n) is 6.26. The largest absolute Gasteiger partial charge is 0.355 e. The molecule has 1 aliphatic heterocycles. The fourth-order valence-electron chi connectivity index (χ4n) is 2.07. The Bertz CT molecular complexity index is 233. The molecule has 1 saturated heterocycles. The lowest BCUT2D eigenvalue weighted by Gasteiger charge is -2.18. The number of hydrogen-bond acceptors (Lipinski definition) is 2. The van der Waals surface area contributed by atoms with Crippen LogP contribution in [0.5, 0.6) is 0 Å². The fraction of sp³-hybridized carbons (Fsp3) is 0.923. The molecule has 1 unspecified atom stereocenters. The van der Waals surface area contributed by atoms with Crippen LogP contribution >= 0.6 is 0 Å². The minimum Gasteiger partial charge on any atom is -0.355 e. The summed E-state index contributed by atoms with van der Waals surface area (Å²) in [7, 11) is 0. The average Bonchev–Trinajstić information content (AvgIpc) is 2.57. The summed E-state index contributed by atoms with van der Waals surface area (Å²) in [6, 6.07) is 0.0460. The maximum Gasteiger partial charge on any atom is 0.237 e. The zero-order valence-corrected chi connectivity index (χ0v) is 11.1. The van der Waals surface area contributed by atoms with Gasteiger partial charge in [-0.2, -0.15) is 0 Å². The van der Waals surface area contributed by atoms with Gasteiger partial charge in [-0.3, -0.25) is 4.79 Å². The Balaban J connectivity index is 2.11. The Hall–Kier alpha value is -0.570. The molecule has 16 heavy (non-hydrogen) atoms. The predicted molar refractivity (Wildman–Crippen MR) is 67.3 cm³/mol. The quantitative estimate of drug-likeness (QED) is 0.719. The molecule has 1 fully saturated rings. The average molecular weight is 226 g/mol. The van der Waals surface area contributed by atoms with Gasteiger partial charge in [-0.05, 0) is 37.1 Å². The second kappa shape index (κ2) is 5.67. The number of amides is 1. The number of rotatable bonds is 4. The van der Waals surface area contributed by atoms with E-state index >= 15 is 0 Å². The van der Waals surface area contributed by atoms with E-state index in [-0.39, 0.29) is 11.9 Å². The number of nitrogens with one attached hydrogen (secondary N) is 2. The van der Waals surface area contributed by atoms with Gasteiger partial charge < -0.3 is 10.6 Å². The van der Waals surface area contributed by atoms with Crippen LogP contribution in [0.15, 0.2) is 0 Å². The Labute approximate surface area is 99.4 Å². The summed E-state index contributed by atoms with van der Waals surface area (Å²) in [6.07, 6.45) is 3.20. The van der Waals surface area contributed by atoms with Crippen molar-refractivity contribution < 1.29 is 4.79 Å². The highest BCUT2D eigenvalue weighted by Gasteiger charge is 2.26. The Kier molecular flexibility index (Phi) is 4.78. The first-order chi connectivity index (χ1) is 7.38. The summed E-state index contributed by atoms with van der Waals surface area (Å²) in [5.74, 6) is 0.809. The minimum absolute atomic E-state index is 0.0460. The molecule has 1 rings (SSSR count). The van der Waals surface area contributed by atoms with Gasteiger partial charge in [-0.1, -0.05) is 27.7 Å². The third-order valence-corrected chi connectivity index (χ3v) is 3.07. The van der Waals surface area contributed by atoms with Crippen molar-refractivity contribution >= 4 is 5.91 Å². The van der Waals surface area contributed by atoms with Crippen LogP contribution in [0.3, 0.4) is 0 Å². The molecule has 2 N–H and O–H groups in total. The zero-order chi connectivity index (χ0) is 12.2. The van der Waals surface area contributed by atoms with E-state index in [0.717, 1.165) is 32.4 Å². The number of carbonyl (C=O) groups excluding carboxylic acids is 1. The van der Waals surface area contributed by atoms with Gasteiger partial charge in [0, 0.05) is 6.54 Å². The summed E-state index contributed by atoms with van der Waals surface area (Å²) in [6.45, 7) is 10.7. The van der Waals surface area contributed by atoms with Gasteiger partial charge >= 0.3 is 0 Å². The van der Waals surface area contributed by atoms with Crippen molar-refractivity contribution in [3.05, 3.63) is 0 Å². The minimum atomic E-state index is 0.0460. The molecule has 2 atom stereocenters. The van der Waals surface area contributed by atoms with E-state index in [0.29, 0.717) is 11.3 Å². The smallest absolute Gasteiger partial charge is 0.237 e. The molecular weight excluding hydrogens is 200 g/mol.